The molecule has 2 aromatic rings. The number of ether oxygens (including phenoxy) is 1. The molecular formula is C16H21NO3. The quantitative estimate of drug-likeness (QED) is 0.880. The zero-order valence-electron chi connectivity index (χ0n) is 12.1. The minimum Gasteiger partial charge on any atom is -0.496 e. The summed E-state index contributed by atoms with van der Waals surface area (Å²) in [6.07, 6.45) is 0.792. The van der Waals surface area contributed by atoms with Crippen LogP contribution in [0.15, 0.2) is 34.9 Å². The van der Waals surface area contributed by atoms with Crippen molar-refractivity contribution in [2.45, 2.75) is 25.9 Å². The third kappa shape index (κ3) is 2.71. The van der Waals surface area contributed by atoms with Gasteiger partial charge in [-0.15, -0.1) is 0 Å². The van der Waals surface area contributed by atoms with Crippen LogP contribution in [0.2, 0.25) is 0 Å². The van der Waals surface area contributed by atoms with Gasteiger partial charge in [0.25, 0.3) is 0 Å². The van der Waals surface area contributed by atoms with Crippen molar-refractivity contribution in [1.29, 1.82) is 0 Å². The summed E-state index contributed by atoms with van der Waals surface area (Å²) in [5, 5.41) is 10.6. The Bertz CT molecular complexity index is 577. The Labute approximate surface area is 119 Å². The number of hydrogen-bond acceptors (Lipinski definition) is 4. The molecule has 108 valence electrons. The van der Waals surface area contributed by atoms with Crippen LogP contribution in [0.4, 0.5) is 0 Å². The van der Waals surface area contributed by atoms with Crippen molar-refractivity contribution in [1.82, 2.24) is 0 Å². The molecular weight excluding hydrogens is 254 g/mol. The first-order chi connectivity index (χ1) is 9.58. The van der Waals surface area contributed by atoms with Gasteiger partial charge in [0.1, 0.15) is 17.6 Å². The van der Waals surface area contributed by atoms with Crippen molar-refractivity contribution in [3.05, 3.63) is 53.0 Å². The Balaban J connectivity index is 2.42. The van der Waals surface area contributed by atoms with Gasteiger partial charge in [0, 0.05) is 18.0 Å². The second-order valence-corrected chi connectivity index (χ2v) is 5.00. The zero-order valence-corrected chi connectivity index (χ0v) is 12.1. The lowest BCUT2D eigenvalue weighted by Crippen LogP contribution is -2.21. The van der Waals surface area contributed by atoms with Crippen LogP contribution in [0.1, 0.15) is 34.5 Å². The van der Waals surface area contributed by atoms with Crippen molar-refractivity contribution < 1.29 is 14.3 Å². The molecule has 1 aromatic carbocycles. The van der Waals surface area contributed by atoms with Gasteiger partial charge in [-0.05, 0) is 31.5 Å². The number of nitrogens with two attached hydrogens (primary N) is 1. The molecule has 0 radical (unpaired) electrons. The minimum absolute atomic E-state index is 0.269. The summed E-state index contributed by atoms with van der Waals surface area (Å²) in [6.45, 7) is 4.21. The summed E-state index contributed by atoms with van der Waals surface area (Å²) in [6, 6.07) is 7.70. The van der Waals surface area contributed by atoms with Gasteiger partial charge >= 0.3 is 0 Å². The largest absolute Gasteiger partial charge is 0.496 e. The lowest BCUT2D eigenvalue weighted by atomic mass is 9.89. The summed E-state index contributed by atoms with van der Waals surface area (Å²) >= 11 is 0. The molecule has 4 heteroatoms. The van der Waals surface area contributed by atoms with Crippen molar-refractivity contribution in [2.24, 2.45) is 5.73 Å². The molecule has 0 saturated carbocycles. The van der Waals surface area contributed by atoms with E-state index in [1.807, 2.05) is 38.1 Å². The normalized spacial score (nSPS) is 14.1. The third-order valence-electron chi connectivity index (χ3n) is 3.59. The Kier molecular flexibility index (Phi) is 4.47. The maximum Gasteiger partial charge on any atom is 0.135 e. The summed E-state index contributed by atoms with van der Waals surface area (Å²) in [7, 11) is 1.62. The molecule has 0 saturated heterocycles. The fraction of sp³-hybridized carbons (Fsp3) is 0.375. The maximum atomic E-state index is 10.6. The Morgan fingerprint density at radius 3 is 2.60 bits per heavy atom. The highest BCUT2D eigenvalue weighted by molar-refractivity contribution is 5.41. The molecule has 2 unspecified atom stereocenters. The van der Waals surface area contributed by atoms with E-state index in [4.69, 9.17) is 14.9 Å². The van der Waals surface area contributed by atoms with Gasteiger partial charge in [0.2, 0.25) is 0 Å². The number of rotatable bonds is 5. The van der Waals surface area contributed by atoms with Crippen molar-refractivity contribution in [2.75, 3.05) is 13.7 Å². The van der Waals surface area contributed by atoms with Crippen LogP contribution in [0.25, 0.3) is 0 Å². The molecule has 3 N–H and O–H groups in total. The van der Waals surface area contributed by atoms with Crippen LogP contribution in [-0.4, -0.2) is 18.8 Å². The maximum absolute atomic E-state index is 10.6. The SMILES string of the molecule is COc1ccc(C)cc1C(CN)C(O)c1occc1C. The van der Waals surface area contributed by atoms with Crippen LogP contribution in [0, 0.1) is 13.8 Å². The van der Waals surface area contributed by atoms with Gasteiger partial charge in [-0.3, -0.25) is 0 Å². The molecule has 0 bridgehead atoms. The highest BCUT2D eigenvalue weighted by Crippen LogP contribution is 2.37. The van der Waals surface area contributed by atoms with Crippen LogP contribution in [0.5, 0.6) is 5.75 Å². The second kappa shape index (κ2) is 6.11. The smallest absolute Gasteiger partial charge is 0.135 e. The average molecular weight is 275 g/mol. The minimum atomic E-state index is -0.786. The topological polar surface area (TPSA) is 68.6 Å². The monoisotopic (exact) mass is 275 g/mol. The lowest BCUT2D eigenvalue weighted by molar-refractivity contribution is 0.120. The van der Waals surface area contributed by atoms with Crippen LogP contribution in [-0.2, 0) is 0 Å². The van der Waals surface area contributed by atoms with E-state index >= 15 is 0 Å². The van der Waals surface area contributed by atoms with Gasteiger partial charge in [-0.25, -0.2) is 0 Å². The summed E-state index contributed by atoms with van der Waals surface area (Å²) < 4.78 is 10.8. The van der Waals surface area contributed by atoms with Gasteiger partial charge < -0.3 is 20.0 Å². The number of furan rings is 1. The van der Waals surface area contributed by atoms with Crippen molar-refractivity contribution in [3.8, 4) is 5.75 Å². The molecule has 1 aromatic heterocycles. The van der Waals surface area contributed by atoms with Gasteiger partial charge in [-0.1, -0.05) is 17.7 Å². The Hall–Kier alpha value is -1.78. The van der Waals surface area contributed by atoms with Gasteiger partial charge in [0.15, 0.2) is 0 Å². The van der Waals surface area contributed by atoms with E-state index in [0.29, 0.717) is 12.3 Å². The highest BCUT2D eigenvalue weighted by atomic mass is 16.5. The molecule has 1 heterocycles. The standard InChI is InChI=1S/C16H21NO3/c1-10-4-5-14(19-3)12(8-10)13(9-17)15(18)16-11(2)6-7-20-16/h4-8,13,15,18H,9,17H2,1-3H3. The molecule has 0 fully saturated rings. The molecule has 0 aliphatic carbocycles. The number of benzene rings is 1. The van der Waals surface area contributed by atoms with Crippen molar-refractivity contribution >= 4 is 0 Å². The molecule has 0 amide bonds. The predicted molar refractivity (Wildman–Crippen MR) is 77.9 cm³/mol. The highest BCUT2D eigenvalue weighted by Gasteiger charge is 2.27. The molecule has 20 heavy (non-hydrogen) atoms. The molecule has 2 rings (SSSR count). The Morgan fingerprint density at radius 2 is 2.05 bits per heavy atom. The molecule has 2 atom stereocenters. The molecule has 4 nitrogen and oxygen atoms in total. The van der Waals surface area contributed by atoms with E-state index < -0.39 is 6.10 Å². The summed E-state index contributed by atoms with van der Waals surface area (Å²) in [5.74, 6) is 1.02. The van der Waals surface area contributed by atoms with E-state index in [1.54, 1.807) is 13.4 Å². The average Bonchev–Trinajstić information content (AvgIpc) is 2.86. The fourth-order valence-electron chi connectivity index (χ4n) is 2.44. The molecule has 0 spiro atoms. The lowest BCUT2D eigenvalue weighted by Gasteiger charge is -2.23. The van der Waals surface area contributed by atoms with Gasteiger partial charge in [0.05, 0.1) is 13.4 Å². The van der Waals surface area contributed by atoms with Gasteiger partial charge in [-0.2, -0.15) is 0 Å². The molecule has 0 aliphatic rings. The first kappa shape index (κ1) is 14.6. The van der Waals surface area contributed by atoms with Crippen molar-refractivity contribution in [3.63, 3.8) is 0 Å². The van der Waals surface area contributed by atoms with Crippen LogP contribution >= 0.6 is 0 Å². The third-order valence-corrected chi connectivity index (χ3v) is 3.59. The van der Waals surface area contributed by atoms with Crippen LogP contribution < -0.4 is 10.5 Å². The summed E-state index contributed by atoms with van der Waals surface area (Å²) in [4.78, 5) is 0. The van der Waals surface area contributed by atoms with E-state index in [0.717, 1.165) is 22.4 Å². The summed E-state index contributed by atoms with van der Waals surface area (Å²) in [5.41, 5.74) is 8.80. The predicted octanol–water partition coefficient (Wildman–Crippen LogP) is 2.68. The van der Waals surface area contributed by atoms with E-state index in [-0.39, 0.29) is 5.92 Å². The fourth-order valence-corrected chi connectivity index (χ4v) is 2.44. The number of methoxy groups -OCH3 is 1. The zero-order chi connectivity index (χ0) is 14.7. The van der Waals surface area contributed by atoms with E-state index in [2.05, 4.69) is 0 Å². The Morgan fingerprint density at radius 1 is 1.30 bits per heavy atom. The number of aliphatic hydroxyl groups excluding tert-OH is 1. The van der Waals surface area contributed by atoms with Crippen LogP contribution in [0.3, 0.4) is 0 Å². The first-order valence-electron chi connectivity index (χ1n) is 6.65. The number of hydrogen-bond donors (Lipinski definition) is 2. The first-order valence-corrected chi connectivity index (χ1v) is 6.65. The van der Waals surface area contributed by atoms with E-state index in [9.17, 15) is 5.11 Å². The van der Waals surface area contributed by atoms with E-state index in [1.165, 1.54) is 0 Å². The second-order valence-electron chi connectivity index (χ2n) is 5.00. The molecule has 0 aliphatic heterocycles. The number of aliphatic hydroxyl groups is 1. The number of aryl methyl sites for hydroxylation is 2.